The first-order chi connectivity index (χ1) is 13.3. The summed E-state index contributed by atoms with van der Waals surface area (Å²) in [5.41, 5.74) is 4.28. The third kappa shape index (κ3) is 3.39. The molecule has 0 aliphatic carbocycles. The first-order valence-corrected chi connectivity index (χ1v) is 10.1. The van der Waals surface area contributed by atoms with Crippen LogP contribution in [0.15, 0.2) is 36.8 Å². The van der Waals surface area contributed by atoms with Crippen molar-refractivity contribution in [3.05, 3.63) is 36.8 Å². The molecule has 1 unspecified atom stereocenters. The lowest BCUT2D eigenvalue weighted by Gasteiger charge is -2.22. The Morgan fingerprint density at radius 1 is 1.26 bits per heavy atom. The van der Waals surface area contributed by atoms with Gasteiger partial charge in [0, 0.05) is 37.2 Å². The normalized spacial score (nSPS) is 26.0. The van der Waals surface area contributed by atoms with Gasteiger partial charge in [0.25, 0.3) is 0 Å². The Morgan fingerprint density at radius 2 is 2.22 bits per heavy atom. The second kappa shape index (κ2) is 7.09. The van der Waals surface area contributed by atoms with E-state index in [1.54, 1.807) is 0 Å². The molecule has 142 valence electrons. The number of aromatic nitrogens is 4. The fraction of sp³-hybridized carbons (Fsp3) is 0.524. The van der Waals surface area contributed by atoms with Gasteiger partial charge >= 0.3 is 0 Å². The Balaban J connectivity index is 1.36. The molecule has 5 rings (SSSR count). The van der Waals surface area contributed by atoms with Crippen molar-refractivity contribution >= 4 is 11.0 Å². The topological polar surface area (TPSA) is 56.9 Å². The predicted molar refractivity (Wildman–Crippen MR) is 105 cm³/mol. The average Bonchev–Trinajstić information content (AvgIpc) is 3.43. The Labute approximate surface area is 159 Å². The minimum Gasteiger partial charge on any atom is -0.357 e. The maximum atomic E-state index is 5.83. The van der Waals surface area contributed by atoms with E-state index in [1.807, 2.05) is 10.9 Å². The summed E-state index contributed by atoms with van der Waals surface area (Å²) in [6.45, 7) is 5.25. The van der Waals surface area contributed by atoms with Gasteiger partial charge in [-0.2, -0.15) is 5.10 Å². The smallest absolute Gasteiger partial charge is 0.150 e. The molecule has 0 bridgehead atoms. The number of ether oxygens (including phenoxy) is 1. The van der Waals surface area contributed by atoms with Gasteiger partial charge < -0.3 is 14.6 Å². The number of hydrogen-bond acceptors (Lipinski definition) is 4. The maximum Gasteiger partial charge on any atom is 0.150 e. The van der Waals surface area contributed by atoms with Gasteiger partial charge in [-0.25, -0.2) is 9.67 Å². The maximum absolute atomic E-state index is 5.83. The Kier molecular flexibility index (Phi) is 4.45. The fourth-order valence-corrected chi connectivity index (χ4v) is 4.41. The van der Waals surface area contributed by atoms with Gasteiger partial charge in [0.15, 0.2) is 0 Å². The molecule has 5 heterocycles. The summed E-state index contributed by atoms with van der Waals surface area (Å²) >= 11 is 0. The van der Waals surface area contributed by atoms with E-state index in [9.17, 15) is 0 Å². The largest absolute Gasteiger partial charge is 0.357 e. The average molecular weight is 365 g/mol. The van der Waals surface area contributed by atoms with Crippen LogP contribution in [0.2, 0.25) is 0 Å². The van der Waals surface area contributed by atoms with Crippen molar-refractivity contribution in [1.29, 1.82) is 0 Å². The number of rotatable bonds is 4. The molecule has 3 aromatic heterocycles. The lowest BCUT2D eigenvalue weighted by molar-refractivity contribution is -0.0394. The molecule has 1 N–H and O–H groups in total. The standard InChI is InChI=1S/C21H27N5O/c1-15-10-16(11-22-15)13-25-8-7-19-20(25)6-5-18(24-19)17-12-23-26(14-17)21-4-2-3-9-27-21/h5-8,12,14-16,21-22H,2-4,9-11,13H2,1H3/t15-,16-,21?/m0/s1. The molecular formula is C21H27N5O. The van der Waals surface area contributed by atoms with Crippen molar-refractivity contribution < 1.29 is 4.74 Å². The first-order valence-electron chi connectivity index (χ1n) is 10.1. The molecule has 2 saturated heterocycles. The molecule has 2 aliphatic rings. The number of nitrogens with one attached hydrogen (secondary N) is 1. The van der Waals surface area contributed by atoms with E-state index < -0.39 is 0 Å². The molecule has 0 amide bonds. The summed E-state index contributed by atoms with van der Waals surface area (Å²) in [4.78, 5) is 4.88. The van der Waals surface area contributed by atoms with E-state index in [1.165, 1.54) is 18.4 Å². The minimum atomic E-state index is 0.0692. The van der Waals surface area contributed by atoms with Crippen LogP contribution < -0.4 is 5.32 Å². The predicted octanol–water partition coefficient (Wildman–Crippen LogP) is 3.60. The van der Waals surface area contributed by atoms with Crippen molar-refractivity contribution in [3.8, 4) is 11.3 Å². The van der Waals surface area contributed by atoms with Gasteiger partial charge in [-0.3, -0.25) is 0 Å². The lowest BCUT2D eigenvalue weighted by Crippen LogP contribution is -2.18. The number of pyridine rings is 1. The van der Waals surface area contributed by atoms with Crippen molar-refractivity contribution in [3.63, 3.8) is 0 Å². The van der Waals surface area contributed by atoms with E-state index in [-0.39, 0.29) is 6.23 Å². The number of hydrogen-bond donors (Lipinski definition) is 1. The van der Waals surface area contributed by atoms with E-state index in [0.29, 0.717) is 12.0 Å². The van der Waals surface area contributed by atoms with E-state index in [2.05, 4.69) is 52.5 Å². The van der Waals surface area contributed by atoms with Crippen LogP contribution in [-0.4, -0.2) is 38.5 Å². The van der Waals surface area contributed by atoms with E-state index in [0.717, 1.165) is 49.3 Å². The van der Waals surface area contributed by atoms with Crippen LogP contribution in [0.1, 0.15) is 38.8 Å². The highest BCUT2D eigenvalue weighted by Crippen LogP contribution is 2.26. The summed E-state index contributed by atoms with van der Waals surface area (Å²) < 4.78 is 10.1. The molecule has 27 heavy (non-hydrogen) atoms. The van der Waals surface area contributed by atoms with Crippen molar-refractivity contribution in [2.24, 2.45) is 5.92 Å². The van der Waals surface area contributed by atoms with Crippen LogP contribution in [0.4, 0.5) is 0 Å². The molecule has 6 nitrogen and oxygen atoms in total. The second-order valence-corrected chi connectivity index (χ2v) is 8.01. The molecule has 0 spiro atoms. The monoisotopic (exact) mass is 365 g/mol. The van der Waals surface area contributed by atoms with Gasteiger partial charge in [0.1, 0.15) is 6.23 Å². The van der Waals surface area contributed by atoms with Crippen LogP contribution in [0.25, 0.3) is 22.3 Å². The lowest BCUT2D eigenvalue weighted by atomic mass is 10.1. The van der Waals surface area contributed by atoms with Crippen molar-refractivity contribution in [1.82, 2.24) is 24.6 Å². The Bertz CT molecular complexity index is 924. The number of fused-ring (bicyclic) bond motifs is 1. The molecule has 3 atom stereocenters. The van der Waals surface area contributed by atoms with Crippen LogP contribution in [-0.2, 0) is 11.3 Å². The fourth-order valence-electron chi connectivity index (χ4n) is 4.41. The van der Waals surface area contributed by atoms with Gasteiger partial charge in [-0.05, 0) is 63.3 Å². The summed E-state index contributed by atoms with van der Waals surface area (Å²) in [6.07, 6.45) is 10.8. The third-order valence-electron chi connectivity index (χ3n) is 5.87. The van der Waals surface area contributed by atoms with Crippen LogP contribution in [0.3, 0.4) is 0 Å². The molecule has 2 fully saturated rings. The van der Waals surface area contributed by atoms with Gasteiger partial charge in [-0.1, -0.05) is 0 Å². The van der Waals surface area contributed by atoms with Crippen molar-refractivity contribution in [2.75, 3.05) is 13.2 Å². The molecule has 0 saturated carbocycles. The minimum absolute atomic E-state index is 0.0692. The zero-order chi connectivity index (χ0) is 18.2. The summed E-state index contributed by atoms with van der Waals surface area (Å²) in [6, 6.07) is 7.06. The van der Waals surface area contributed by atoms with E-state index in [4.69, 9.17) is 9.72 Å². The van der Waals surface area contributed by atoms with Gasteiger partial charge in [0.05, 0.1) is 22.9 Å². The number of nitrogens with zero attached hydrogens (tertiary/aromatic N) is 4. The highest BCUT2D eigenvalue weighted by atomic mass is 16.5. The second-order valence-electron chi connectivity index (χ2n) is 8.01. The van der Waals surface area contributed by atoms with Gasteiger partial charge in [0.2, 0.25) is 0 Å². The summed E-state index contributed by atoms with van der Waals surface area (Å²) in [5.74, 6) is 0.698. The zero-order valence-corrected chi connectivity index (χ0v) is 15.8. The quantitative estimate of drug-likeness (QED) is 0.768. The highest BCUT2D eigenvalue weighted by molar-refractivity contribution is 5.79. The molecule has 0 radical (unpaired) electrons. The van der Waals surface area contributed by atoms with Crippen LogP contribution in [0.5, 0.6) is 0 Å². The van der Waals surface area contributed by atoms with Crippen molar-refractivity contribution in [2.45, 2.75) is 51.4 Å². The molecule has 2 aliphatic heterocycles. The molecule has 6 heteroatoms. The van der Waals surface area contributed by atoms with Crippen LogP contribution >= 0.6 is 0 Å². The first kappa shape index (κ1) is 17.0. The highest BCUT2D eigenvalue weighted by Gasteiger charge is 2.21. The zero-order valence-electron chi connectivity index (χ0n) is 15.8. The molecule has 3 aromatic rings. The van der Waals surface area contributed by atoms with Gasteiger partial charge in [-0.15, -0.1) is 0 Å². The van der Waals surface area contributed by atoms with E-state index >= 15 is 0 Å². The third-order valence-corrected chi connectivity index (χ3v) is 5.87. The Morgan fingerprint density at radius 3 is 3.04 bits per heavy atom. The van der Waals surface area contributed by atoms with Crippen LogP contribution in [0, 0.1) is 5.92 Å². The molecule has 0 aromatic carbocycles. The molecular weight excluding hydrogens is 338 g/mol. The summed E-state index contributed by atoms with van der Waals surface area (Å²) in [7, 11) is 0. The summed E-state index contributed by atoms with van der Waals surface area (Å²) in [5, 5.41) is 8.06. The Hall–Kier alpha value is -2.18. The SMILES string of the molecule is C[C@H]1C[C@H](Cn2ccc3nc(-c4cnn(C5CCCCO5)c4)ccc32)CN1.